The molecule has 0 saturated heterocycles. The molecule has 0 spiro atoms. The lowest BCUT2D eigenvalue weighted by Gasteiger charge is -2.16. The van der Waals surface area contributed by atoms with Gasteiger partial charge >= 0.3 is 0 Å². The first-order valence-corrected chi connectivity index (χ1v) is 7.30. The molecule has 1 aromatic rings. The molecule has 2 amide bonds. The van der Waals surface area contributed by atoms with Gasteiger partial charge in [-0.2, -0.15) is 0 Å². The number of halogens is 1. The molecule has 21 heavy (non-hydrogen) atoms. The Hall–Kier alpha value is -1.91. The smallest absolute Gasteiger partial charge is 0.220 e. The highest BCUT2D eigenvalue weighted by Gasteiger charge is 2.29. The van der Waals surface area contributed by atoms with E-state index in [-0.39, 0.29) is 35.5 Å². The molecule has 1 saturated carbocycles. The van der Waals surface area contributed by atoms with Crippen molar-refractivity contribution in [3.63, 3.8) is 0 Å². The lowest BCUT2D eigenvalue weighted by Crippen LogP contribution is -2.34. The zero-order valence-corrected chi connectivity index (χ0v) is 12.1. The van der Waals surface area contributed by atoms with Crippen molar-refractivity contribution < 1.29 is 14.0 Å². The fourth-order valence-electron chi connectivity index (χ4n) is 2.84. The fraction of sp³-hybridized carbons (Fsp3) is 0.500. The molecule has 3 N–H and O–H groups in total. The van der Waals surface area contributed by atoms with E-state index >= 15 is 0 Å². The van der Waals surface area contributed by atoms with E-state index in [0.29, 0.717) is 12.8 Å². The number of carbonyl (C=O) groups is 2. The second-order valence-electron chi connectivity index (χ2n) is 5.83. The van der Waals surface area contributed by atoms with Gasteiger partial charge in [-0.1, -0.05) is 19.1 Å². The molecule has 1 aromatic carbocycles. The van der Waals surface area contributed by atoms with Gasteiger partial charge in [-0.25, -0.2) is 4.39 Å². The van der Waals surface area contributed by atoms with Crippen LogP contribution in [0, 0.1) is 11.7 Å². The average Bonchev–Trinajstić information content (AvgIpc) is 2.87. The molecule has 0 unspecified atom stereocenters. The predicted octanol–water partition coefficient (Wildman–Crippen LogP) is 2.09. The minimum absolute atomic E-state index is 0.0268. The summed E-state index contributed by atoms with van der Waals surface area (Å²) in [7, 11) is 0. The first-order chi connectivity index (χ1) is 9.95. The zero-order valence-electron chi connectivity index (χ0n) is 12.1. The third-order valence-corrected chi connectivity index (χ3v) is 4.13. The minimum Gasteiger partial charge on any atom is -0.369 e. The Balaban J connectivity index is 1.82. The van der Waals surface area contributed by atoms with E-state index in [4.69, 9.17) is 5.73 Å². The van der Waals surface area contributed by atoms with Gasteiger partial charge in [0.2, 0.25) is 11.8 Å². The van der Waals surface area contributed by atoms with Crippen LogP contribution in [0.3, 0.4) is 0 Å². The van der Waals surface area contributed by atoms with Gasteiger partial charge in [-0.05, 0) is 42.9 Å². The van der Waals surface area contributed by atoms with Crippen LogP contribution in [0.2, 0.25) is 0 Å². The Morgan fingerprint density at radius 1 is 1.33 bits per heavy atom. The molecule has 5 heteroatoms. The van der Waals surface area contributed by atoms with Gasteiger partial charge in [0, 0.05) is 18.4 Å². The summed E-state index contributed by atoms with van der Waals surface area (Å²) in [6.45, 7) is 1.94. The first-order valence-electron chi connectivity index (χ1n) is 7.30. The number of carbonyl (C=O) groups excluding carboxylic acids is 2. The number of benzene rings is 1. The molecular weight excluding hydrogens is 271 g/mol. The molecule has 1 fully saturated rings. The van der Waals surface area contributed by atoms with Crippen molar-refractivity contribution in [2.24, 2.45) is 11.7 Å². The van der Waals surface area contributed by atoms with Gasteiger partial charge in [-0.15, -0.1) is 0 Å². The van der Waals surface area contributed by atoms with Gasteiger partial charge < -0.3 is 11.1 Å². The lowest BCUT2D eigenvalue weighted by atomic mass is 9.97. The lowest BCUT2D eigenvalue weighted by molar-refractivity contribution is -0.123. The maximum absolute atomic E-state index is 12.9. The minimum atomic E-state index is -0.286. The number of amides is 2. The van der Waals surface area contributed by atoms with Crippen LogP contribution >= 0.6 is 0 Å². The van der Waals surface area contributed by atoms with Gasteiger partial charge in [0.1, 0.15) is 5.82 Å². The van der Waals surface area contributed by atoms with Gasteiger partial charge in [0.25, 0.3) is 0 Å². The van der Waals surface area contributed by atoms with E-state index < -0.39 is 0 Å². The van der Waals surface area contributed by atoms with Gasteiger partial charge in [0.05, 0.1) is 0 Å². The van der Waals surface area contributed by atoms with Crippen molar-refractivity contribution in [2.75, 3.05) is 0 Å². The second kappa shape index (κ2) is 6.70. The maximum atomic E-state index is 12.9. The second-order valence-corrected chi connectivity index (χ2v) is 5.83. The summed E-state index contributed by atoms with van der Waals surface area (Å²) in [6, 6.07) is 6.24. The normalized spacial score (nSPS) is 22.8. The number of nitrogens with one attached hydrogen (secondary N) is 1. The standard InChI is InChI=1S/C16H21FN2O2/c1-10(11-2-5-13(17)6-3-11)8-15(20)19-14-7-4-12(9-14)16(18)21/h2-3,5-6,10,12,14H,4,7-9H2,1H3,(H2,18,21)(H,19,20)/t10-,12-,14+/m0/s1. The molecule has 4 nitrogen and oxygen atoms in total. The summed E-state index contributed by atoms with van der Waals surface area (Å²) >= 11 is 0. The molecule has 1 aliphatic carbocycles. The van der Waals surface area contributed by atoms with Crippen molar-refractivity contribution >= 4 is 11.8 Å². The van der Waals surface area contributed by atoms with E-state index in [1.165, 1.54) is 12.1 Å². The van der Waals surface area contributed by atoms with Gasteiger partial charge in [0.15, 0.2) is 0 Å². The SMILES string of the molecule is C[C@@H](CC(=O)N[C@@H]1CC[C@H](C(N)=O)C1)c1ccc(F)cc1. The maximum Gasteiger partial charge on any atom is 0.220 e. The summed E-state index contributed by atoms with van der Waals surface area (Å²) in [6.07, 6.45) is 2.52. The highest BCUT2D eigenvalue weighted by atomic mass is 19.1. The molecule has 0 aromatic heterocycles. The van der Waals surface area contributed by atoms with Gasteiger partial charge in [-0.3, -0.25) is 9.59 Å². The molecule has 0 heterocycles. The molecule has 0 aliphatic heterocycles. The van der Waals surface area contributed by atoms with Crippen LogP contribution in [-0.2, 0) is 9.59 Å². The van der Waals surface area contributed by atoms with Crippen molar-refractivity contribution in [1.29, 1.82) is 0 Å². The van der Waals surface area contributed by atoms with E-state index in [0.717, 1.165) is 18.4 Å². The van der Waals surface area contributed by atoms with Crippen LogP contribution in [0.15, 0.2) is 24.3 Å². The number of hydrogen-bond donors (Lipinski definition) is 2. The van der Waals surface area contributed by atoms with Crippen LogP contribution in [0.1, 0.15) is 44.1 Å². The number of primary amides is 1. The average molecular weight is 292 g/mol. The Kier molecular flexibility index (Phi) is 4.94. The van der Waals surface area contributed by atoms with Crippen molar-refractivity contribution in [2.45, 2.75) is 44.6 Å². The molecule has 114 valence electrons. The van der Waals surface area contributed by atoms with Crippen molar-refractivity contribution in [1.82, 2.24) is 5.32 Å². The monoisotopic (exact) mass is 292 g/mol. The molecule has 0 bridgehead atoms. The summed E-state index contributed by atoms with van der Waals surface area (Å²) in [5.74, 6) is -0.698. The molecule has 3 atom stereocenters. The predicted molar refractivity (Wildman–Crippen MR) is 77.9 cm³/mol. The van der Waals surface area contributed by atoms with Crippen LogP contribution in [0.4, 0.5) is 4.39 Å². The topological polar surface area (TPSA) is 72.2 Å². The van der Waals surface area contributed by atoms with Crippen molar-refractivity contribution in [3.05, 3.63) is 35.6 Å². The molecule has 0 radical (unpaired) electrons. The Bertz CT molecular complexity index is 516. The Labute approximate surface area is 123 Å². The molecular formula is C16H21FN2O2. The number of rotatable bonds is 5. The van der Waals surface area contributed by atoms with E-state index in [1.807, 2.05) is 6.92 Å². The van der Waals surface area contributed by atoms with Crippen LogP contribution < -0.4 is 11.1 Å². The Morgan fingerprint density at radius 3 is 2.57 bits per heavy atom. The summed E-state index contributed by atoms with van der Waals surface area (Å²) in [5.41, 5.74) is 6.22. The van der Waals surface area contributed by atoms with Crippen LogP contribution in [0.25, 0.3) is 0 Å². The number of hydrogen-bond acceptors (Lipinski definition) is 2. The first kappa shape index (κ1) is 15.5. The van der Waals surface area contributed by atoms with Crippen molar-refractivity contribution in [3.8, 4) is 0 Å². The summed E-state index contributed by atoms with van der Waals surface area (Å²) in [5, 5.41) is 2.95. The number of nitrogens with two attached hydrogens (primary N) is 1. The third-order valence-electron chi connectivity index (χ3n) is 4.13. The highest BCUT2D eigenvalue weighted by molar-refractivity contribution is 5.79. The highest BCUT2D eigenvalue weighted by Crippen LogP contribution is 2.26. The van der Waals surface area contributed by atoms with Crippen LogP contribution in [-0.4, -0.2) is 17.9 Å². The zero-order chi connectivity index (χ0) is 15.4. The molecule has 2 rings (SSSR count). The third kappa shape index (κ3) is 4.28. The quantitative estimate of drug-likeness (QED) is 0.872. The fourth-order valence-corrected chi connectivity index (χ4v) is 2.84. The van der Waals surface area contributed by atoms with E-state index in [9.17, 15) is 14.0 Å². The molecule has 1 aliphatic rings. The summed E-state index contributed by atoms with van der Waals surface area (Å²) < 4.78 is 12.9. The Morgan fingerprint density at radius 2 is 2.00 bits per heavy atom. The largest absolute Gasteiger partial charge is 0.369 e. The van der Waals surface area contributed by atoms with Crippen LogP contribution in [0.5, 0.6) is 0 Å². The summed E-state index contributed by atoms with van der Waals surface area (Å²) in [4.78, 5) is 23.1. The van der Waals surface area contributed by atoms with E-state index in [1.54, 1.807) is 12.1 Å². The van der Waals surface area contributed by atoms with E-state index in [2.05, 4.69) is 5.32 Å².